The number of ketones is 1. The van der Waals surface area contributed by atoms with E-state index in [0.717, 1.165) is 44.1 Å². The molecule has 2 aliphatic carbocycles. The van der Waals surface area contributed by atoms with Crippen LogP contribution in [0, 0.1) is 16.0 Å². The lowest BCUT2D eigenvalue weighted by Gasteiger charge is -2.26. The third-order valence-electron chi connectivity index (χ3n) is 3.90. The van der Waals surface area contributed by atoms with Crippen LogP contribution in [0.2, 0.25) is 0 Å². The second-order valence-corrected chi connectivity index (χ2v) is 5.15. The molecule has 1 fully saturated rings. The lowest BCUT2D eigenvalue weighted by atomic mass is 9.78. The minimum Gasteiger partial charge on any atom is -0.300 e. The Morgan fingerprint density at radius 2 is 2.12 bits per heavy atom. The van der Waals surface area contributed by atoms with Gasteiger partial charge >= 0.3 is 0 Å². The normalized spacial score (nSPS) is 27.4. The number of nitrogens with zero attached hydrogens (tertiary/aromatic N) is 1. The van der Waals surface area contributed by atoms with Crippen molar-refractivity contribution >= 4 is 5.78 Å². The highest BCUT2D eigenvalue weighted by Crippen LogP contribution is 2.33. The Hall–Kier alpha value is -1.19. The smallest absolute Gasteiger partial charge is 0.237 e. The van der Waals surface area contributed by atoms with Gasteiger partial charge in [0.1, 0.15) is 5.78 Å². The Bertz CT molecular complexity index is 349. The van der Waals surface area contributed by atoms with E-state index in [-0.39, 0.29) is 16.6 Å². The van der Waals surface area contributed by atoms with Crippen LogP contribution >= 0.6 is 0 Å². The number of hydrogen-bond donors (Lipinski definition) is 0. The van der Waals surface area contributed by atoms with E-state index in [2.05, 4.69) is 0 Å². The summed E-state index contributed by atoms with van der Waals surface area (Å²) in [4.78, 5) is 22.5. The number of carbonyl (C=O) groups excluding carboxylic acids is 1. The molecule has 0 saturated heterocycles. The second-order valence-electron chi connectivity index (χ2n) is 5.15. The number of Topliss-reactive ketones (excluding diaryl/α,β-unsaturated/α-hetero) is 1. The minimum atomic E-state index is -0.598. The van der Waals surface area contributed by atoms with Crippen LogP contribution in [0.15, 0.2) is 11.6 Å². The van der Waals surface area contributed by atoms with Gasteiger partial charge in [-0.1, -0.05) is 6.08 Å². The van der Waals surface area contributed by atoms with E-state index in [9.17, 15) is 14.9 Å². The molecule has 0 aromatic heterocycles. The predicted octanol–water partition coefficient (Wildman–Crippen LogP) is 2.89. The molecule has 0 heterocycles. The van der Waals surface area contributed by atoms with Gasteiger partial charge in [0.25, 0.3) is 0 Å². The molecule has 4 nitrogen and oxygen atoms in total. The largest absolute Gasteiger partial charge is 0.300 e. The first-order valence-electron chi connectivity index (χ1n) is 6.52. The average Bonchev–Trinajstić information content (AvgIpc) is 2.30. The third kappa shape index (κ3) is 2.93. The van der Waals surface area contributed by atoms with Crippen molar-refractivity contribution in [3.05, 3.63) is 21.8 Å². The zero-order valence-corrected chi connectivity index (χ0v) is 10.1. The Balaban J connectivity index is 2.13. The van der Waals surface area contributed by atoms with Gasteiger partial charge in [-0.05, 0) is 44.1 Å². The van der Waals surface area contributed by atoms with Crippen molar-refractivity contribution in [1.82, 2.24) is 0 Å². The molecule has 4 heteroatoms. The first-order chi connectivity index (χ1) is 8.18. The fourth-order valence-electron chi connectivity index (χ4n) is 3.07. The van der Waals surface area contributed by atoms with Crippen molar-refractivity contribution in [2.24, 2.45) is 5.92 Å². The topological polar surface area (TPSA) is 60.2 Å². The van der Waals surface area contributed by atoms with Gasteiger partial charge < -0.3 is 0 Å². The van der Waals surface area contributed by atoms with Gasteiger partial charge in [-0.15, -0.1) is 0 Å². The van der Waals surface area contributed by atoms with Crippen molar-refractivity contribution in [1.29, 1.82) is 0 Å². The first-order valence-corrected chi connectivity index (χ1v) is 6.52. The van der Waals surface area contributed by atoms with E-state index in [4.69, 9.17) is 0 Å². The Kier molecular flexibility index (Phi) is 3.92. The average molecular weight is 237 g/mol. The van der Waals surface area contributed by atoms with Gasteiger partial charge in [0.15, 0.2) is 0 Å². The molecule has 0 aromatic rings. The molecule has 0 N–H and O–H groups in total. The summed E-state index contributed by atoms with van der Waals surface area (Å²) in [6.07, 6.45) is 8.69. The maximum absolute atomic E-state index is 11.4. The summed E-state index contributed by atoms with van der Waals surface area (Å²) in [7, 11) is 0. The molecule has 0 spiro atoms. The van der Waals surface area contributed by atoms with Gasteiger partial charge in [-0.3, -0.25) is 14.9 Å². The summed E-state index contributed by atoms with van der Waals surface area (Å²) in [6.45, 7) is 0. The molecule has 0 aromatic carbocycles. The summed E-state index contributed by atoms with van der Waals surface area (Å²) in [5.74, 6) is 0.139. The molecule has 1 saturated carbocycles. The van der Waals surface area contributed by atoms with Crippen LogP contribution in [0.25, 0.3) is 0 Å². The molecule has 2 rings (SSSR count). The standard InChI is InChI=1S/C13H19NO3/c15-12-8-4-7-11(9-12)13(14(16)17)10-5-2-1-3-6-10/h5,11,13H,1-4,6-9H2/t11-,13-/m0/s1. The Morgan fingerprint density at radius 3 is 2.71 bits per heavy atom. The maximum atomic E-state index is 11.4. The van der Waals surface area contributed by atoms with Crippen LogP contribution < -0.4 is 0 Å². The lowest BCUT2D eigenvalue weighted by molar-refractivity contribution is -0.522. The van der Waals surface area contributed by atoms with Crippen LogP contribution in [0.1, 0.15) is 51.4 Å². The summed E-state index contributed by atoms with van der Waals surface area (Å²) in [6, 6.07) is -0.598. The molecular weight excluding hydrogens is 218 g/mol. The van der Waals surface area contributed by atoms with Gasteiger partial charge in [0.2, 0.25) is 6.04 Å². The van der Waals surface area contributed by atoms with Crippen molar-refractivity contribution in [2.75, 3.05) is 0 Å². The molecule has 0 aliphatic heterocycles. The van der Waals surface area contributed by atoms with Crippen molar-refractivity contribution < 1.29 is 9.72 Å². The Labute approximate surface area is 101 Å². The van der Waals surface area contributed by atoms with Crippen molar-refractivity contribution in [3.8, 4) is 0 Å². The fraction of sp³-hybridized carbons (Fsp3) is 0.769. The summed E-state index contributed by atoms with van der Waals surface area (Å²) in [5, 5.41) is 11.3. The lowest BCUT2D eigenvalue weighted by Crippen LogP contribution is -2.35. The molecular formula is C13H19NO3. The quantitative estimate of drug-likeness (QED) is 0.431. The third-order valence-corrected chi connectivity index (χ3v) is 3.90. The molecule has 0 amide bonds. The van der Waals surface area contributed by atoms with E-state index < -0.39 is 6.04 Å². The zero-order valence-electron chi connectivity index (χ0n) is 10.1. The molecule has 0 unspecified atom stereocenters. The van der Waals surface area contributed by atoms with Crippen molar-refractivity contribution in [3.63, 3.8) is 0 Å². The van der Waals surface area contributed by atoms with Crippen LogP contribution in [0.5, 0.6) is 0 Å². The number of carbonyl (C=O) groups is 1. The van der Waals surface area contributed by atoms with Gasteiger partial charge in [-0.2, -0.15) is 0 Å². The van der Waals surface area contributed by atoms with Crippen LogP contribution in [-0.4, -0.2) is 16.7 Å². The monoisotopic (exact) mass is 237 g/mol. The highest BCUT2D eigenvalue weighted by molar-refractivity contribution is 5.79. The molecule has 2 aliphatic rings. The zero-order chi connectivity index (χ0) is 12.3. The second kappa shape index (κ2) is 5.43. The van der Waals surface area contributed by atoms with E-state index in [0.29, 0.717) is 12.8 Å². The SMILES string of the molecule is O=C1CCC[C@H]([C@H](C2=CCCCC2)[N+](=O)[O-])C1. The van der Waals surface area contributed by atoms with Gasteiger partial charge in [0, 0.05) is 23.7 Å². The fourth-order valence-corrected chi connectivity index (χ4v) is 3.07. The number of hydrogen-bond acceptors (Lipinski definition) is 3. The van der Waals surface area contributed by atoms with Crippen LogP contribution in [0.3, 0.4) is 0 Å². The van der Waals surface area contributed by atoms with E-state index in [1.165, 1.54) is 0 Å². The molecule has 94 valence electrons. The predicted molar refractivity (Wildman–Crippen MR) is 64.3 cm³/mol. The van der Waals surface area contributed by atoms with E-state index >= 15 is 0 Å². The summed E-state index contributed by atoms with van der Waals surface area (Å²) in [5.41, 5.74) is 0.973. The number of nitro groups is 1. The molecule has 2 atom stereocenters. The van der Waals surface area contributed by atoms with E-state index in [1.54, 1.807) is 0 Å². The molecule has 0 radical (unpaired) electrons. The van der Waals surface area contributed by atoms with Crippen LogP contribution in [-0.2, 0) is 4.79 Å². The number of rotatable bonds is 3. The number of allylic oxidation sites excluding steroid dienone is 1. The molecule has 17 heavy (non-hydrogen) atoms. The van der Waals surface area contributed by atoms with Gasteiger partial charge in [0.05, 0.1) is 0 Å². The summed E-state index contributed by atoms with van der Waals surface area (Å²) < 4.78 is 0. The first kappa shape index (κ1) is 12.3. The minimum absolute atomic E-state index is 0.0596. The van der Waals surface area contributed by atoms with Gasteiger partial charge in [-0.25, -0.2) is 0 Å². The highest BCUT2D eigenvalue weighted by atomic mass is 16.6. The molecule has 0 bridgehead atoms. The van der Waals surface area contributed by atoms with Crippen molar-refractivity contribution in [2.45, 2.75) is 57.4 Å². The maximum Gasteiger partial charge on any atom is 0.237 e. The van der Waals surface area contributed by atoms with Crippen LogP contribution in [0.4, 0.5) is 0 Å². The highest BCUT2D eigenvalue weighted by Gasteiger charge is 2.37. The Morgan fingerprint density at radius 1 is 1.29 bits per heavy atom. The summed E-state index contributed by atoms with van der Waals surface area (Å²) >= 11 is 0. The van der Waals surface area contributed by atoms with E-state index in [1.807, 2.05) is 6.08 Å².